The number of carboxylic acids is 1. The van der Waals surface area contributed by atoms with E-state index in [1.807, 2.05) is 17.5 Å². The smallest absolute Gasteiger partial charge is 0.326 e. The molecule has 1 heterocycles. The van der Waals surface area contributed by atoms with Crippen molar-refractivity contribution in [3.8, 4) is 0 Å². The monoisotopic (exact) mass is 378 g/mol. The van der Waals surface area contributed by atoms with E-state index >= 15 is 0 Å². The fourth-order valence-electron chi connectivity index (χ4n) is 2.71. The summed E-state index contributed by atoms with van der Waals surface area (Å²) in [5, 5.41) is 25.8. The van der Waals surface area contributed by atoms with Gasteiger partial charge in [-0.05, 0) is 42.4 Å². The number of hydrogen-bond donors (Lipinski definition) is 4. The molecule has 1 aliphatic carbocycles. The molecule has 0 saturated carbocycles. The van der Waals surface area contributed by atoms with Crippen LogP contribution in [0.2, 0.25) is 0 Å². The fraction of sp³-hybridized carbons (Fsp3) is 0.389. The maximum absolute atomic E-state index is 12.6. The SMILES string of the molecule is CC(=O)N[C@@H](Cc1cccs1)C(=O)N[C@H](CC1C=CC(O)=CC1)C(=O)O. The number of rotatable bonds is 8. The van der Waals surface area contributed by atoms with Gasteiger partial charge >= 0.3 is 5.97 Å². The minimum absolute atomic E-state index is 0.0937. The number of carbonyl (C=O) groups is 3. The summed E-state index contributed by atoms with van der Waals surface area (Å²) in [6, 6.07) is 1.79. The van der Waals surface area contributed by atoms with E-state index in [0.29, 0.717) is 12.8 Å². The average molecular weight is 378 g/mol. The Morgan fingerprint density at radius 1 is 1.31 bits per heavy atom. The van der Waals surface area contributed by atoms with E-state index in [0.717, 1.165) is 4.88 Å². The molecule has 2 amide bonds. The third-order valence-electron chi connectivity index (χ3n) is 4.00. The Morgan fingerprint density at radius 2 is 2.08 bits per heavy atom. The highest BCUT2D eigenvalue weighted by Crippen LogP contribution is 2.20. The molecule has 1 unspecified atom stereocenters. The van der Waals surface area contributed by atoms with E-state index in [1.54, 1.807) is 12.2 Å². The lowest BCUT2D eigenvalue weighted by atomic mass is 9.92. The Bertz CT molecular complexity index is 711. The van der Waals surface area contributed by atoms with Crippen molar-refractivity contribution in [2.24, 2.45) is 5.92 Å². The Labute approximate surface area is 155 Å². The maximum Gasteiger partial charge on any atom is 0.326 e. The van der Waals surface area contributed by atoms with Crippen molar-refractivity contribution in [2.45, 2.75) is 38.3 Å². The van der Waals surface area contributed by atoms with Crippen molar-refractivity contribution in [1.29, 1.82) is 0 Å². The second kappa shape index (κ2) is 9.19. The summed E-state index contributed by atoms with van der Waals surface area (Å²) in [4.78, 5) is 36.4. The normalized spacial score (nSPS) is 18.5. The first-order valence-corrected chi connectivity index (χ1v) is 9.13. The number of aliphatic hydroxyl groups is 1. The summed E-state index contributed by atoms with van der Waals surface area (Å²) >= 11 is 1.46. The van der Waals surface area contributed by atoms with Crippen molar-refractivity contribution in [3.05, 3.63) is 46.4 Å². The first kappa shape index (κ1) is 19.7. The zero-order valence-corrected chi connectivity index (χ0v) is 15.2. The summed E-state index contributed by atoms with van der Waals surface area (Å²) < 4.78 is 0. The quantitative estimate of drug-likeness (QED) is 0.550. The number of carbonyl (C=O) groups excluding carboxylic acids is 2. The van der Waals surface area contributed by atoms with Gasteiger partial charge < -0.3 is 20.8 Å². The zero-order valence-electron chi connectivity index (χ0n) is 14.3. The molecule has 0 fully saturated rings. The molecule has 0 spiro atoms. The lowest BCUT2D eigenvalue weighted by molar-refractivity contribution is -0.142. The lowest BCUT2D eigenvalue weighted by Crippen LogP contribution is -2.52. The molecule has 3 atom stereocenters. The molecule has 26 heavy (non-hydrogen) atoms. The van der Waals surface area contributed by atoms with Gasteiger partial charge in [0.05, 0.1) is 0 Å². The number of allylic oxidation sites excluding steroid dienone is 3. The molecule has 0 aromatic carbocycles. The highest BCUT2D eigenvalue weighted by molar-refractivity contribution is 7.09. The first-order chi connectivity index (χ1) is 12.3. The number of amides is 2. The van der Waals surface area contributed by atoms with Gasteiger partial charge in [0, 0.05) is 18.2 Å². The van der Waals surface area contributed by atoms with Crippen LogP contribution in [0.5, 0.6) is 0 Å². The van der Waals surface area contributed by atoms with Gasteiger partial charge in [-0.15, -0.1) is 11.3 Å². The molecule has 0 aliphatic heterocycles. The van der Waals surface area contributed by atoms with E-state index in [2.05, 4.69) is 10.6 Å². The largest absolute Gasteiger partial charge is 0.508 e. The third-order valence-corrected chi connectivity index (χ3v) is 4.90. The molecule has 0 radical (unpaired) electrons. The minimum atomic E-state index is -1.14. The van der Waals surface area contributed by atoms with Crippen LogP contribution in [0.1, 0.15) is 24.6 Å². The predicted molar refractivity (Wildman–Crippen MR) is 97.8 cm³/mol. The van der Waals surface area contributed by atoms with Crippen LogP contribution >= 0.6 is 11.3 Å². The molecule has 7 nitrogen and oxygen atoms in total. The Balaban J connectivity index is 2.02. The molecular weight excluding hydrogens is 356 g/mol. The number of thiophene rings is 1. The van der Waals surface area contributed by atoms with Crippen LogP contribution in [0.15, 0.2) is 41.5 Å². The Morgan fingerprint density at radius 3 is 2.62 bits per heavy atom. The van der Waals surface area contributed by atoms with E-state index in [1.165, 1.54) is 24.3 Å². The molecule has 1 aromatic heterocycles. The van der Waals surface area contributed by atoms with E-state index < -0.39 is 24.0 Å². The van der Waals surface area contributed by atoms with Crippen LogP contribution in [0.4, 0.5) is 0 Å². The van der Waals surface area contributed by atoms with Crippen molar-refractivity contribution < 1.29 is 24.6 Å². The molecule has 1 aliphatic rings. The van der Waals surface area contributed by atoms with Crippen LogP contribution in [0.25, 0.3) is 0 Å². The lowest BCUT2D eigenvalue weighted by Gasteiger charge is -2.23. The van der Waals surface area contributed by atoms with Crippen LogP contribution in [0.3, 0.4) is 0 Å². The first-order valence-electron chi connectivity index (χ1n) is 8.25. The number of aliphatic hydroxyl groups excluding tert-OH is 1. The number of hydrogen-bond acceptors (Lipinski definition) is 5. The van der Waals surface area contributed by atoms with Crippen molar-refractivity contribution in [2.75, 3.05) is 0 Å². The summed E-state index contributed by atoms with van der Waals surface area (Å²) in [6.45, 7) is 1.31. The summed E-state index contributed by atoms with van der Waals surface area (Å²) in [5.41, 5.74) is 0. The van der Waals surface area contributed by atoms with Gasteiger partial charge in [0.15, 0.2) is 0 Å². The standard InChI is InChI=1S/C18H22N2O5S/c1-11(21)19-15(10-14-3-2-8-26-14)17(23)20-16(18(24)25)9-12-4-6-13(22)7-5-12/h2-4,6-8,12,15-16,22H,5,9-10H2,1H3,(H,19,21)(H,20,23)(H,24,25)/t12?,15-,16+/m0/s1. The summed E-state index contributed by atoms with van der Waals surface area (Å²) in [6.07, 6.45) is 5.87. The van der Waals surface area contributed by atoms with Crippen LogP contribution < -0.4 is 10.6 Å². The van der Waals surface area contributed by atoms with Gasteiger partial charge in [0.2, 0.25) is 11.8 Å². The fourth-order valence-corrected chi connectivity index (χ4v) is 3.46. The van der Waals surface area contributed by atoms with Crippen LogP contribution in [-0.2, 0) is 20.8 Å². The summed E-state index contributed by atoms with van der Waals surface area (Å²) in [5.74, 6) is -1.96. The highest BCUT2D eigenvalue weighted by Gasteiger charge is 2.28. The number of carboxylic acid groups (broad SMARTS) is 1. The average Bonchev–Trinajstić information content (AvgIpc) is 3.08. The maximum atomic E-state index is 12.6. The van der Waals surface area contributed by atoms with Crippen LogP contribution in [0, 0.1) is 5.92 Å². The van der Waals surface area contributed by atoms with Crippen molar-refractivity contribution in [3.63, 3.8) is 0 Å². The van der Waals surface area contributed by atoms with E-state index in [-0.39, 0.29) is 24.0 Å². The molecule has 8 heteroatoms. The third kappa shape index (κ3) is 6.03. The molecule has 0 bridgehead atoms. The Kier molecular flexibility index (Phi) is 6.97. The van der Waals surface area contributed by atoms with Gasteiger partial charge in [-0.25, -0.2) is 4.79 Å². The number of aliphatic carboxylic acids is 1. The molecular formula is C18H22N2O5S. The molecule has 1 aromatic rings. The zero-order chi connectivity index (χ0) is 19.1. The molecule has 140 valence electrons. The second-order valence-electron chi connectivity index (χ2n) is 6.16. The van der Waals surface area contributed by atoms with Gasteiger partial charge in [0.25, 0.3) is 0 Å². The van der Waals surface area contributed by atoms with Gasteiger partial charge in [0.1, 0.15) is 17.8 Å². The number of nitrogens with one attached hydrogen (secondary N) is 2. The minimum Gasteiger partial charge on any atom is -0.508 e. The highest BCUT2D eigenvalue weighted by atomic mass is 32.1. The summed E-state index contributed by atoms with van der Waals surface area (Å²) in [7, 11) is 0. The van der Waals surface area contributed by atoms with Gasteiger partial charge in [-0.3, -0.25) is 9.59 Å². The predicted octanol–water partition coefficient (Wildman–Crippen LogP) is 1.77. The molecule has 4 N–H and O–H groups in total. The van der Waals surface area contributed by atoms with E-state index in [4.69, 9.17) is 0 Å². The topological polar surface area (TPSA) is 116 Å². The molecule has 2 rings (SSSR count). The second-order valence-corrected chi connectivity index (χ2v) is 7.19. The van der Waals surface area contributed by atoms with Crippen LogP contribution in [-0.4, -0.2) is 40.1 Å². The van der Waals surface area contributed by atoms with Gasteiger partial charge in [-0.1, -0.05) is 12.1 Å². The van der Waals surface area contributed by atoms with E-state index in [9.17, 15) is 24.6 Å². The van der Waals surface area contributed by atoms with Crippen molar-refractivity contribution in [1.82, 2.24) is 10.6 Å². The Hall–Kier alpha value is -2.61. The molecule has 0 saturated heterocycles. The van der Waals surface area contributed by atoms with Gasteiger partial charge in [-0.2, -0.15) is 0 Å². The van der Waals surface area contributed by atoms with Crippen molar-refractivity contribution >= 4 is 29.1 Å².